The lowest BCUT2D eigenvalue weighted by atomic mass is 10.1. The Morgan fingerprint density at radius 1 is 1.24 bits per heavy atom. The summed E-state index contributed by atoms with van der Waals surface area (Å²) in [6.45, 7) is 7.45. The zero-order valence-electron chi connectivity index (χ0n) is 14.5. The number of morpholine rings is 1. The molecule has 0 bridgehead atoms. The van der Waals surface area contributed by atoms with Gasteiger partial charge in [0.15, 0.2) is 0 Å². The number of nitrogens with one attached hydrogen (secondary N) is 2. The van der Waals surface area contributed by atoms with Crippen molar-refractivity contribution in [2.45, 2.75) is 13.0 Å². The first kappa shape index (κ1) is 16.6. The summed E-state index contributed by atoms with van der Waals surface area (Å²) >= 11 is 0. The lowest BCUT2D eigenvalue weighted by Gasteiger charge is -2.26. The number of rotatable bonds is 5. The Labute approximate surface area is 148 Å². The Balaban J connectivity index is 1.40. The van der Waals surface area contributed by atoms with Crippen molar-refractivity contribution in [1.82, 2.24) is 14.8 Å². The number of hydrogen-bond acceptors (Lipinski definition) is 4. The van der Waals surface area contributed by atoms with Crippen LogP contribution in [0.5, 0.6) is 0 Å². The molecule has 2 fully saturated rings. The van der Waals surface area contributed by atoms with Gasteiger partial charge in [-0.25, -0.2) is 0 Å². The fourth-order valence-electron chi connectivity index (χ4n) is 3.67. The predicted octanol–water partition coefficient (Wildman–Crippen LogP) is 1.52. The van der Waals surface area contributed by atoms with E-state index in [4.69, 9.17) is 4.74 Å². The van der Waals surface area contributed by atoms with Crippen LogP contribution in [0.1, 0.15) is 6.42 Å². The maximum atomic E-state index is 12.3. The number of anilines is 1. The molecule has 1 amide bonds. The Kier molecular flexibility index (Phi) is 5.01. The highest BCUT2D eigenvalue weighted by molar-refractivity contribution is 5.95. The lowest BCUT2D eigenvalue weighted by Crippen LogP contribution is -2.38. The van der Waals surface area contributed by atoms with Crippen LogP contribution >= 0.6 is 0 Å². The third kappa shape index (κ3) is 3.86. The zero-order chi connectivity index (χ0) is 17.1. The summed E-state index contributed by atoms with van der Waals surface area (Å²) in [7, 11) is 0. The van der Waals surface area contributed by atoms with E-state index in [0.29, 0.717) is 0 Å². The van der Waals surface area contributed by atoms with Crippen LogP contribution in [0, 0.1) is 5.92 Å². The normalized spacial score (nSPS) is 21.7. The van der Waals surface area contributed by atoms with Gasteiger partial charge in [0, 0.05) is 55.5 Å². The van der Waals surface area contributed by atoms with Gasteiger partial charge in [-0.3, -0.25) is 9.69 Å². The SMILES string of the molecule is O=C(Nc1ccc2c(ccn2CCN2CCOCC2)c1)C1CCNC1. The molecule has 0 saturated carbocycles. The van der Waals surface area contributed by atoms with Crippen LogP contribution in [-0.2, 0) is 16.1 Å². The van der Waals surface area contributed by atoms with Crippen molar-refractivity contribution in [3.8, 4) is 0 Å². The number of amides is 1. The molecule has 2 aromatic rings. The minimum absolute atomic E-state index is 0.0915. The summed E-state index contributed by atoms with van der Waals surface area (Å²) < 4.78 is 7.69. The van der Waals surface area contributed by atoms with Gasteiger partial charge in [0.1, 0.15) is 0 Å². The molecule has 2 N–H and O–H groups in total. The first-order valence-corrected chi connectivity index (χ1v) is 9.20. The van der Waals surface area contributed by atoms with Gasteiger partial charge in [-0.15, -0.1) is 0 Å². The fourth-order valence-corrected chi connectivity index (χ4v) is 3.67. The van der Waals surface area contributed by atoms with Gasteiger partial charge in [0.25, 0.3) is 0 Å². The highest BCUT2D eigenvalue weighted by Gasteiger charge is 2.22. The lowest BCUT2D eigenvalue weighted by molar-refractivity contribution is -0.119. The van der Waals surface area contributed by atoms with Crippen molar-refractivity contribution in [2.24, 2.45) is 5.92 Å². The van der Waals surface area contributed by atoms with Crippen molar-refractivity contribution in [3.05, 3.63) is 30.5 Å². The van der Waals surface area contributed by atoms with Crippen LogP contribution in [0.15, 0.2) is 30.5 Å². The quantitative estimate of drug-likeness (QED) is 0.865. The molecule has 4 rings (SSSR count). The molecule has 6 nitrogen and oxygen atoms in total. The van der Waals surface area contributed by atoms with E-state index in [-0.39, 0.29) is 11.8 Å². The van der Waals surface area contributed by atoms with Gasteiger partial charge in [0.2, 0.25) is 5.91 Å². The van der Waals surface area contributed by atoms with Crippen molar-refractivity contribution in [3.63, 3.8) is 0 Å². The molecule has 2 aliphatic rings. The van der Waals surface area contributed by atoms with Crippen molar-refractivity contribution in [1.29, 1.82) is 0 Å². The highest BCUT2D eigenvalue weighted by atomic mass is 16.5. The van der Waals surface area contributed by atoms with Gasteiger partial charge in [-0.1, -0.05) is 0 Å². The molecule has 1 atom stereocenters. The monoisotopic (exact) mass is 342 g/mol. The molecule has 134 valence electrons. The summed E-state index contributed by atoms with van der Waals surface area (Å²) in [6, 6.07) is 8.31. The second-order valence-electron chi connectivity index (χ2n) is 6.92. The van der Waals surface area contributed by atoms with Crippen LogP contribution in [-0.4, -0.2) is 61.3 Å². The van der Waals surface area contributed by atoms with E-state index >= 15 is 0 Å². The number of carbonyl (C=O) groups is 1. The number of aromatic nitrogens is 1. The van der Waals surface area contributed by atoms with Crippen molar-refractivity contribution < 1.29 is 9.53 Å². The number of benzene rings is 1. The first-order valence-electron chi connectivity index (χ1n) is 9.20. The summed E-state index contributed by atoms with van der Waals surface area (Å²) in [5.74, 6) is 0.213. The average Bonchev–Trinajstić information content (AvgIpc) is 3.31. The van der Waals surface area contributed by atoms with Crippen LogP contribution in [0.3, 0.4) is 0 Å². The highest BCUT2D eigenvalue weighted by Crippen LogP contribution is 2.22. The summed E-state index contributed by atoms with van der Waals surface area (Å²) in [5.41, 5.74) is 2.10. The summed E-state index contributed by atoms with van der Waals surface area (Å²) in [5, 5.41) is 7.47. The topological polar surface area (TPSA) is 58.5 Å². The summed E-state index contributed by atoms with van der Waals surface area (Å²) in [6.07, 6.45) is 3.06. The standard InChI is InChI=1S/C19H26N4O2/c24-19(16-3-5-20-14-16)21-17-1-2-18-15(13-17)4-6-23(18)8-7-22-9-11-25-12-10-22/h1-2,4,6,13,16,20H,3,5,7-12,14H2,(H,21,24). The maximum absolute atomic E-state index is 12.3. The molecule has 3 heterocycles. The Morgan fingerprint density at radius 2 is 2.12 bits per heavy atom. The molecule has 2 aliphatic heterocycles. The smallest absolute Gasteiger partial charge is 0.228 e. The zero-order valence-corrected chi connectivity index (χ0v) is 14.5. The minimum Gasteiger partial charge on any atom is -0.379 e. The molecule has 0 aliphatic carbocycles. The fraction of sp³-hybridized carbons (Fsp3) is 0.526. The third-order valence-electron chi connectivity index (χ3n) is 5.23. The summed E-state index contributed by atoms with van der Waals surface area (Å²) in [4.78, 5) is 14.7. The number of carbonyl (C=O) groups excluding carboxylic acids is 1. The van der Waals surface area contributed by atoms with Gasteiger partial charge in [-0.2, -0.15) is 0 Å². The van der Waals surface area contributed by atoms with E-state index in [2.05, 4.69) is 44.5 Å². The molecule has 0 radical (unpaired) electrons. The van der Waals surface area contributed by atoms with Gasteiger partial charge >= 0.3 is 0 Å². The van der Waals surface area contributed by atoms with Crippen LogP contribution < -0.4 is 10.6 Å². The molecular formula is C19H26N4O2. The number of ether oxygens (including phenoxy) is 1. The van der Waals surface area contributed by atoms with E-state index in [1.54, 1.807) is 0 Å². The van der Waals surface area contributed by atoms with E-state index in [1.165, 1.54) is 10.9 Å². The molecule has 6 heteroatoms. The van der Waals surface area contributed by atoms with Gasteiger partial charge in [0.05, 0.1) is 19.1 Å². The molecule has 0 spiro atoms. The van der Waals surface area contributed by atoms with Crippen molar-refractivity contribution >= 4 is 22.5 Å². The molecule has 2 saturated heterocycles. The molecule has 1 unspecified atom stereocenters. The van der Waals surface area contributed by atoms with E-state index in [1.807, 2.05) is 6.07 Å². The van der Waals surface area contributed by atoms with E-state index in [0.717, 1.165) is 64.6 Å². The number of hydrogen-bond donors (Lipinski definition) is 2. The minimum atomic E-state index is 0.0915. The molecule has 1 aromatic carbocycles. The van der Waals surface area contributed by atoms with Gasteiger partial charge < -0.3 is 19.9 Å². The molecular weight excluding hydrogens is 316 g/mol. The average molecular weight is 342 g/mol. The second kappa shape index (κ2) is 7.56. The number of fused-ring (bicyclic) bond motifs is 1. The Morgan fingerprint density at radius 3 is 2.92 bits per heavy atom. The van der Waals surface area contributed by atoms with E-state index in [9.17, 15) is 4.79 Å². The van der Waals surface area contributed by atoms with Crippen LogP contribution in [0.4, 0.5) is 5.69 Å². The second-order valence-corrected chi connectivity index (χ2v) is 6.92. The van der Waals surface area contributed by atoms with Crippen LogP contribution in [0.25, 0.3) is 10.9 Å². The van der Waals surface area contributed by atoms with Crippen molar-refractivity contribution in [2.75, 3.05) is 51.3 Å². The Bertz CT molecular complexity index is 730. The van der Waals surface area contributed by atoms with E-state index < -0.39 is 0 Å². The first-order chi connectivity index (χ1) is 12.3. The predicted molar refractivity (Wildman–Crippen MR) is 98.8 cm³/mol. The number of nitrogens with zero attached hydrogens (tertiary/aromatic N) is 2. The third-order valence-corrected chi connectivity index (χ3v) is 5.23. The molecule has 1 aromatic heterocycles. The maximum Gasteiger partial charge on any atom is 0.228 e. The van der Waals surface area contributed by atoms with Gasteiger partial charge in [-0.05, 0) is 37.2 Å². The largest absolute Gasteiger partial charge is 0.379 e. The van der Waals surface area contributed by atoms with Crippen LogP contribution in [0.2, 0.25) is 0 Å². The molecule has 25 heavy (non-hydrogen) atoms. The Hall–Kier alpha value is -1.89.